The first-order valence-electron chi connectivity index (χ1n) is 3.49. The third-order valence-electron chi connectivity index (χ3n) is 1.61. The van der Waals surface area contributed by atoms with Crippen molar-refractivity contribution in [3.63, 3.8) is 0 Å². The Morgan fingerprint density at radius 2 is 1.93 bits per heavy atom. The van der Waals surface area contributed by atoms with Gasteiger partial charge in [-0.2, -0.15) is 8.42 Å². The summed E-state index contributed by atoms with van der Waals surface area (Å²) in [5, 5.41) is 8.64. The van der Waals surface area contributed by atoms with Crippen molar-refractivity contribution in [3.05, 3.63) is 23.8 Å². The Morgan fingerprint density at radius 1 is 1.36 bits per heavy atom. The topological polar surface area (TPSA) is 119 Å². The minimum atomic E-state index is -4.37. The molecule has 76 valence electrons. The molecule has 1 rings (SSSR count). The van der Waals surface area contributed by atoms with Gasteiger partial charge in [0.2, 0.25) is 0 Å². The Bertz CT molecular complexity index is 479. The molecule has 0 atom stereocenters. The maximum Gasteiger partial charge on any atom is 0.341 e. The van der Waals surface area contributed by atoms with Crippen molar-refractivity contribution < 1.29 is 28.6 Å². The SMILES string of the molecule is [NH3+]c1ccc(S(=O)(=O)O)cc1C(=O)O. The van der Waals surface area contributed by atoms with Crippen LogP contribution in [0.25, 0.3) is 0 Å². The summed E-state index contributed by atoms with van der Waals surface area (Å²) in [4.78, 5) is 10.1. The highest BCUT2D eigenvalue weighted by molar-refractivity contribution is 7.85. The van der Waals surface area contributed by atoms with Crippen molar-refractivity contribution in [2.75, 3.05) is 0 Å². The van der Waals surface area contributed by atoms with E-state index >= 15 is 0 Å². The monoisotopic (exact) mass is 218 g/mol. The van der Waals surface area contributed by atoms with E-state index < -0.39 is 21.0 Å². The first-order chi connectivity index (χ1) is 6.32. The normalized spacial score (nSPS) is 11.3. The van der Waals surface area contributed by atoms with E-state index in [1.54, 1.807) is 0 Å². The van der Waals surface area contributed by atoms with Crippen LogP contribution in [0.3, 0.4) is 0 Å². The summed E-state index contributed by atoms with van der Waals surface area (Å²) in [5.41, 5.74) is 3.34. The Balaban J connectivity index is 3.42. The molecule has 0 fully saturated rings. The Kier molecular flexibility index (Phi) is 2.56. The van der Waals surface area contributed by atoms with E-state index in [0.29, 0.717) is 0 Å². The number of hydrogen-bond acceptors (Lipinski definition) is 3. The molecule has 0 bridgehead atoms. The molecule has 0 aromatic heterocycles. The van der Waals surface area contributed by atoms with E-state index in [9.17, 15) is 13.2 Å². The number of quaternary nitrogens is 1. The fourth-order valence-electron chi connectivity index (χ4n) is 0.915. The minimum absolute atomic E-state index is 0.185. The Morgan fingerprint density at radius 3 is 2.36 bits per heavy atom. The predicted octanol–water partition coefficient (Wildman–Crippen LogP) is -0.495. The van der Waals surface area contributed by atoms with Crippen LogP contribution < -0.4 is 5.73 Å². The Labute approximate surface area is 79.7 Å². The summed E-state index contributed by atoms with van der Waals surface area (Å²) in [6.07, 6.45) is 0. The summed E-state index contributed by atoms with van der Waals surface area (Å²) < 4.78 is 30.0. The van der Waals surface area contributed by atoms with Crippen LogP contribution in [0.2, 0.25) is 0 Å². The standard InChI is InChI=1S/C7H7NO5S/c8-6-2-1-4(14(11,12)13)3-5(6)7(9)10/h1-3H,8H2,(H,9,10)(H,11,12,13)/p+1. The number of carboxylic acid groups (broad SMARTS) is 1. The lowest BCUT2D eigenvalue weighted by Gasteiger charge is -1.99. The first-order valence-corrected chi connectivity index (χ1v) is 4.93. The lowest BCUT2D eigenvalue weighted by Crippen LogP contribution is -2.42. The van der Waals surface area contributed by atoms with Gasteiger partial charge in [-0.3, -0.25) is 4.55 Å². The number of benzene rings is 1. The van der Waals surface area contributed by atoms with Gasteiger partial charge in [0.05, 0.1) is 4.90 Å². The second kappa shape index (κ2) is 3.37. The van der Waals surface area contributed by atoms with Crippen LogP contribution in [0.4, 0.5) is 5.69 Å². The van der Waals surface area contributed by atoms with Gasteiger partial charge in [0.25, 0.3) is 10.1 Å². The zero-order valence-electron chi connectivity index (χ0n) is 6.97. The van der Waals surface area contributed by atoms with E-state index in [1.807, 2.05) is 0 Å². The van der Waals surface area contributed by atoms with Crippen molar-refractivity contribution in [3.8, 4) is 0 Å². The molecule has 6 nitrogen and oxygen atoms in total. The van der Waals surface area contributed by atoms with Crippen molar-refractivity contribution in [2.24, 2.45) is 0 Å². The maximum atomic E-state index is 10.7. The molecular formula is C7H8NO5S+. The third kappa shape index (κ3) is 2.08. The van der Waals surface area contributed by atoms with Crippen LogP contribution in [-0.2, 0) is 10.1 Å². The molecule has 0 saturated carbocycles. The van der Waals surface area contributed by atoms with Crippen LogP contribution in [0.5, 0.6) is 0 Å². The lowest BCUT2D eigenvalue weighted by molar-refractivity contribution is -0.255. The van der Waals surface area contributed by atoms with Crippen LogP contribution >= 0.6 is 0 Å². The molecular weight excluding hydrogens is 210 g/mol. The second-order valence-electron chi connectivity index (χ2n) is 2.60. The van der Waals surface area contributed by atoms with Crippen LogP contribution in [-0.4, -0.2) is 24.0 Å². The number of rotatable bonds is 2. The van der Waals surface area contributed by atoms with Gasteiger partial charge in [-0.25, -0.2) is 4.79 Å². The van der Waals surface area contributed by atoms with E-state index in [0.717, 1.165) is 12.1 Å². The summed E-state index contributed by atoms with van der Waals surface area (Å²) in [6.45, 7) is 0. The largest absolute Gasteiger partial charge is 0.477 e. The van der Waals surface area contributed by atoms with E-state index in [2.05, 4.69) is 5.73 Å². The van der Waals surface area contributed by atoms with Gasteiger partial charge in [0.1, 0.15) is 11.3 Å². The maximum absolute atomic E-state index is 10.7. The molecule has 0 aliphatic carbocycles. The molecule has 5 N–H and O–H groups in total. The molecule has 0 spiro atoms. The van der Waals surface area contributed by atoms with Crippen LogP contribution in [0, 0.1) is 0 Å². The zero-order valence-corrected chi connectivity index (χ0v) is 7.78. The van der Waals surface area contributed by atoms with Crippen LogP contribution in [0.15, 0.2) is 23.1 Å². The van der Waals surface area contributed by atoms with Crippen molar-refractivity contribution in [1.82, 2.24) is 0 Å². The first kappa shape index (κ1) is 10.6. The molecule has 1 aromatic rings. The van der Waals surface area contributed by atoms with E-state index in [4.69, 9.17) is 9.66 Å². The summed E-state index contributed by atoms with van der Waals surface area (Å²) >= 11 is 0. The molecule has 0 aliphatic rings. The van der Waals surface area contributed by atoms with Crippen molar-refractivity contribution in [2.45, 2.75) is 4.90 Å². The lowest BCUT2D eigenvalue weighted by atomic mass is 10.2. The molecule has 0 radical (unpaired) electrons. The molecule has 0 aliphatic heterocycles. The fourth-order valence-corrected chi connectivity index (χ4v) is 1.42. The molecule has 14 heavy (non-hydrogen) atoms. The minimum Gasteiger partial charge on any atom is -0.477 e. The average Bonchev–Trinajstić information content (AvgIpc) is 2.02. The van der Waals surface area contributed by atoms with Gasteiger partial charge in [-0.15, -0.1) is 0 Å². The Hall–Kier alpha value is -1.44. The van der Waals surface area contributed by atoms with Gasteiger partial charge in [-0.1, -0.05) is 0 Å². The quantitative estimate of drug-likeness (QED) is 0.578. The number of hydrogen-bond donors (Lipinski definition) is 3. The van der Waals surface area contributed by atoms with Crippen molar-refractivity contribution >= 4 is 21.8 Å². The third-order valence-corrected chi connectivity index (χ3v) is 2.46. The predicted molar refractivity (Wildman–Crippen MR) is 45.8 cm³/mol. The van der Waals surface area contributed by atoms with Gasteiger partial charge < -0.3 is 10.8 Å². The van der Waals surface area contributed by atoms with Gasteiger partial charge in [-0.05, 0) is 12.1 Å². The summed E-state index contributed by atoms with van der Waals surface area (Å²) in [7, 11) is -4.37. The summed E-state index contributed by atoms with van der Waals surface area (Å²) in [5.74, 6) is -1.29. The molecule has 0 amide bonds. The van der Waals surface area contributed by atoms with Gasteiger partial charge >= 0.3 is 5.97 Å². The molecule has 0 heterocycles. The fraction of sp³-hybridized carbons (Fsp3) is 0. The van der Waals surface area contributed by atoms with Crippen LogP contribution in [0.1, 0.15) is 10.4 Å². The second-order valence-corrected chi connectivity index (χ2v) is 4.02. The van der Waals surface area contributed by atoms with Crippen molar-refractivity contribution in [1.29, 1.82) is 0 Å². The van der Waals surface area contributed by atoms with E-state index in [-0.39, 0.29) is 11.3 Å². The highest BCUT2D eigenvalue weighted by Gasteiger charge is 2.16. The molecule has 1 aromatic carbocycles. The van der Waals surface area contributed by atoms with E-state index in [1.165, 1.54) is 6.07 Å². The molecule has 7 heteroatoms. The number of aromatic carboxylic acids is 1. The molecule has 0 unspecified atom stereocenters. The average molecular weight is 218 g/mol. The van der Waals surface area contributed by atoms with Gasteiger partial charge in [0.15, 0.2) is 0 Å². The smallest absolute Gasteiger partial charge is 0.341 e. The highest BCUT2D eigenvalue weighted by Crippen LogP contribution is 2.16. The number of carboxylic acids is 1. The number of carbonyl (C=O) groups is 1. The zero-order chi connectivity index (χ0) is 10.9. The highest BCUT2D eigenvalue weighted by atomic mass is 32.2. The molecule has 0 saturated heterocycles. The summed E-state index contributed by atoms with van der Waals surface area (Å²) in [6, 6.07) is 3.16. The van der Waals surface area contributed by atoms with Gasteiger partial charge in [0, 0.05) is 6.07 Å².